The fourth-order valence-corrected chi connectivity index (χ4v) is 6.56. The van der Waals surface area contributed by atoms with Crippen molar-refractivity contribution in [1.82, 2.24) is 0 Å². The average Bonchev–Trinajstić information content (AvgIpc) is 2.59. The van der Waals surface area contributed by atoms with Gasteiger partial charge in [-0.15, -0.1) is 0 Å². The molecule has 4 heteroatoms. The van der Waals surface area contributed by atoms with Crippen LogP contribution in [0.4, 0.5) is 0 Å². The monoisotopic (exact) mass is 438 g/mol. The molecule has 2 aliphatic carbocycles. The molecule has 4 rings (SSSR count). The Balaban J connectivity index is 2.28. The van der Waals surface area contributed by atoms with Crippen molar-refractivity contribution in [2.24, 2.45) is 0 Å². The highest BCUT2D eigenvalue weighted by Gasteiger charge is 2.35. The Morgan fingerprint density at radius 3 is 1.56 bits per heavy atom. The van der Waals surface area contributed by atoms with E-state index in [-0.39, 0.29) is 21.8 Å². The van der Waals surface area contributed by atoms with E-state index < -0.39 is 0 Å². The first-order chi connectivity index (χ1) is 11.9. The molecule has 2 unspecified atom stereocenters. The van der Waals surface area contributed by atoms with Crippen LogP contribution in [0.2, 0.25) is 0 Å². The van der Waals surface area contributed by atoms with E-state index in [0.717, 1.165) is 18.6 Å². The lowest BCUT2D eigenvalue weighted by Crippen LogP contribution is -2.18. The molecule has 2 aromatic carbocycles. The number of rotatable bonds is 3. The van der Waals surface area contributed by atoms with E-state index in [0.29, 0.717) is 10.5 Å². The van der Waals surface area contributed by atoms with Crippen molar-refractivity contribution in [3.63, 3.8) is 0 Å². The maximum Gasteiger partial charge on any atom is 0.150 e. The lowest BCUT2D eigenvalue weighted by molar-refractivity contribution is 0.403. The Labute approximate surface area is 166 Å². The van der Waals surface area contributed by atoms with Gasteiger partial charge in [0, 0.05) is 28.4 Å². The summed E-state index contributed by atoms with van der Waals surface area (Å²) in [5.74, 6) is 1.11. The second-order valence-electron chi connectivity index (χ2n) is 7.08. The van der Waals surface area contributed by atoms with Gasteiger partial charge in [0.25, 0.3) is 0 Å². The molecule has 4 bridgehead atoms. The van der Waals surface area contributed by atoms with Crippen LogP contribution in [0.5, 0.6) is 5.75 Å². The molecule has 0 heterocycles. The number of hydrogen-bond acceptors (Lipinski definition) is 1. The van der Waals surface area contributed by atoms with Gasteiger partial charge >= 0.3 is 0 Å². The van der Waals surface area contributed by atoms with Crippen molar-refractivity contribution in [1.29, 1.82) is 0 Å². The van der Waals surface area contributed by atoms with Crippen molar-refractivity contribution >= 4 is 37.7 Å². The van der Waals surface area contributed by atoms with Gasteiger partial charge in [0.05, 0.1) is 32.1 Å². The van der Waals surface area contributed by atoms with E-state index in [1.165, 1.54) is 26.7 Å². The van der Waals surface area contributed by atoms with Gasteiger partial charge in [0.2, 0.25) is 0 Å². The molecule has 1 nitrogen and oxygen atoms in total. The van der Waals surface area contributed by atoms with Crippen LogP contribution in [-0.4, -0.2) is 32.1 Å². The third kappa shape index (κ3) is 4.06. The van der Waals surface area contributed by atoms with E-state index in [1.807, 2.05) is 7.11 Å². The highest BCUT2D eigenvalue weighted by molar-refractivity contribution is 9.10. The Kier molecular flexibility index (Phi) is 6.12. The van der Waals surface area contributed by atoms with Gasteiger partial charge < -0.3 is 4.74 Å². The number of hydrogen-bond donors (Lipinski definition) is 0. The number of benzene rings is 2. The molecule has 0 N–H and O–H groups in total. The molecule has 2 aromatic rings. The first-order valence-corrected chi connectivity index (χ1v) is 13.5. The SMILES string of the molecule is COc1c2cc(Br)cc1C([S+](C)C)Cc1ccc(cc1)CC2[S+](C)C. The average molecular weight is 439 g/mol. The second-order valence-corrected chi connectivity index (χ2v) is 12.7. The summed E-state index contributed by atoms with van der Waals surface area (Å²) in [4.78, 5) is 0. The van der Waals surface area contributed by atoms with E-state index in [2.05, 4.69) is 77.4 Å². The zero-order valence-electron chi connectivity index (χ0n) is 15.6. The zero-order chi connectivity index (χ0) is 18.1. The molecule has 0 aromatic heterocycles. The van der Waals surface area contributed by atoms with Crippen molar-refractivity contribution in [3.8, 4) is 5.75 Å². The largest absolute Gasteiger partial charge is 0.496 e. The van der Waals surface area contributed by atoms with Gasteiger partial charge in [-0.05, 0) is 45.0 Å². The molecular weight excluding hydrogens is 412 g/mol. The Morgan fingerprint density at radius 2 is 1.24 bits per heavy atom. The van der Waals surface area contributed by atoms with Crippen LogP contribution < -0.4 is 4.74 Å². The summed E-state index contributed by atoms with van der Waals surface area (Å²) < 4.78 is 7.20. The molecule has 0 aliphatic heterocycles. The second kappa shape index (κ2) is 7.98. The summed E-state index contributed by atoms with van der Waals surface area (Å²) in [5.41, 5.74) is 5.56. The Morgan fingerprint density at radius 1 is 0.840 bits per heavy atom. The van der Waals surface area contributed by atoms with Crippen LogP contribution >= 0.6 is 15.9 Å². The van der Waals surface area contributed by atoms with E-state index in [1.54, 1.807) is 0 Å². The molecule has 0 amide bonds. The summed E-state index contributed by atoms with van der Waals surface area (Å²) in [7, 11) is 2.36. The van der Waals surface area contributed by atoms with Crippen LogP contribution in [0.15, 0.2) is 40.9 Å². The van der Waals surface area contributed by atoms with Gasteiger partial charge in [-0.2, -0.15) is 0 Å². The lowest BCUT2D eigenvalue weighted by Gasteiger charge is -2.22. The molecule has 2 atom stereocenters. The number of methoxy groups -OCH3 is 1. The molecule has 134 valence electrons. The summed E-state index contributed by atoms with van der Waals surface area (Å²) in [6.45, 7) is 0. The Hall–Kier alpha value is -0.580. The first-order valence-electron chi connectivity index (χ1n) is 8.48. The fourth-order valence-electron chi connectivity index (χ4n) is 3.65. The maximum atomic E-state index is 6.03. The third-order valence-corrected chi connectivity index (χ3v) is 8.59. The van der Waals surface area contributed by atoms with Gasteiger partial charge in [0.15, 0.2) is 0 Å². The minimum absolute atomic E-state index is 0.261. The smallest absolute Gasteiger partial charge is 0.150 e. The molecule has 0 saturated carbocycles. The van der Waals surface area contributed by atoms with E-state index in [4.69, 9.17) is 4.74 Å². The molecule has 2 aliphatic rings. The summed E-state index contributed by atoms with van der Waals surface area (Å²) in [6.07, 6.45) is 11.5. The summed E-state index contributed by atoms with van der Waals surface area (Å²) in [5, 5.41) is 0.956. The number of fused-ring (bicyclic) bond motifs is 4. The topological polar surface area (TPSA) is 9.23 Å². The van der Waals surface area contributed by atoms with Crippen molar-refractivity contribution in [3.05, 3.63) is 63.1 Å². The number of ether oxygens (including phenoxy) is 1. The minimum Gasteiger partial charge on any atom is -0.496 e. The van der Waals surface area contributed by atoms with Crippen molar-refractivity contribution in [2.45, 2.75) is 23.3 Å². The predicted octanol–water partition coefficient (Wildman–Crippen LogP) is 5.09. The van der Waals surface area contributed by atoms with Crippen LogP contribution in [0, 0.1) is 0 Å². The van der Waals surface area contributed by atoms with Gasteiger partial charge in [-0.25, -0.2) is 0 Å². The van der Waals surface area contributed by atoms with Gasteiger partial charge in [0.1, 0.15) is 16.2 Å². The van der Waals surface area contributed by atoms with Crippen LogP contribution in [-0.2, 0) is 34.6 Å². The van der Waals surface area contributed by atoms with E-state index in [9.17, 15) is 0 Å². The van der Waals surface area contributed by atoms with Crippen molar-refractivity contribution in [2.75, 3.05) is 32.1 Å². The molecule has 0 spiro atoms. The highest BCUT2D eigenvalue weighted by atomic mass is 79.9. The zero-order valence-corrected chi connectivity index (χ0v) is 18.9. The van der Waals surface area contributed by atoms with Gasteiger partial charge in [-0.1, -0.05) is 40.2 Å². The number of halogens is 1. The molecule has 0 saturated heterocycles. The summed E-state index contributed by atoms with van der Waals surface area (Å²) >= 11 is 3.78. The molecular formula is C21H27BrOS2+2. The first kappa shape index (κ1) is 19.2. The maximum absolute atomic E-state index is 6.03. The summed E-state index contributed by atoms with van der Waals surface area (Å²) in [6, 6.07) is 13.9. The van der Waals surface area contributed by atoms with Gasteiger partial charge in [-0.3, -0.25) is 0 Å². The van der Waals surface area contributed by atoms with Crippen LogP contribution in [0.25, 0.3) is 0 Å². The molecule has 0 fully saturated rings. The third-order valence-electron chi connectivity index (χ3n) is 5.01. The standard InChI is InChI=1S/C21H27BrOS2/c1-23-21-17-12-16(22)13-18(21)20(25(4)5)11-15-8-6-14(7-9-15)10-19(17)24(2)3/h6-9,12-13,19-20H,10-11H2,1-5H3/q+2. The predicted molar refractivity (Wildman–Crippen MR) is 118 cm³/mol. The molecule has 25 heavy (non-hydrogen) atoms. The minimum atomic E-state index is 0.261. The Bertz CT molecular complexity index is 682. The van der Waals surface area contributed by atoms with Crippen LogP contribution in [0.1, 0.15) is 32.8 Å². The van der Waals surface area contributed by atoms with Crippen LogP contribution in [0.3, 0.4) is 0 Å². The normalized spacial score (nSPS) is 20.0. The van der Waals surface area contributed by atoms with Crippen molar-refractivity contribution < 1.29 is 4.74 Å². The quantitative estimate of drug-likeness (QED) is 0.605. The highest BCUT2D eigenvalue weighted by Crippen LogP contribution is 2.43. The fraction of sp³-hybridized carbons (Fsp3) is 0.429. The lowest BCUT2D eigenvalue weighted by atomic mass is 9.99. The molecule has 0 radical (unpaired) electrons. The van der Waals surface area contributed by atoms with E-state index >= 15 is 0 Å².